The van der Waals surface area contributed by atoms with Crippen LogP contribution in [0.2, 0.25) is 5.15 Å². The summed E-state index contributed by atoms with van der Waals surface area (Å²) < 4.78 is 47.0. The van der Waals surface area contributed by atoms with Crippen LogP contribution in [0.1, 0.15) is 53.7 Å². The lowest BCUT2D eigenvalue weighted by Gasteiger charge is -2.10. The molecule has 1 aliphatic rings. The molecule has 1 fully saturated rings. The minimum absolute atomic E-state index is 0.0809. The first-order valence-corrected chi connectivity index (χ1v) is 10.4. The standard InChI is InChI=1S/C19H16ClFN4O2.C3H5F3/c1-9-17(18(20)25-24-9)23-19(27)13-6-14(21)12(7-16(13)26)15-5-4-11(8-22-15)10-2-3-10;1-2-3(4,5)6/h4-8,10,26H,2-3H2,1H3,(H,23,27)(H,24,25);2H2,1H3. The topological polar surface area (TPSA) is 90.9 Å². The summed E-state index contributed by atoms with van der Waals surface area (Å²) in [6, 6.07) is 5.83. The second-order valence-corrected chi connectivity index (χ2v) is 7.90. The molecule has 0 saturated heterocycles. The molecule has 0 atom stereocenters. The van der Waals surface area contributed by atoms with Gasteiger partial charge in [-0.05, 0) is 49.4 Å². The van der Waals surface area contributed by atoms with E-state index in [0.717, 1.165) is 31.4 Å². The molecule has 0 unspecified atom stereocenters. The number of aromatic nitrogens is 3. The summed E-state index contributed by atoms with van der Waals surface area (Å²) in [5, 5.41) is 19.2. The van der Waals surface area contributed by atoms with Crippen molar-refractivity contribution in [2.75, 3.05) is 5.32 Å². The van der Waals surface area contributed by atoms with E-state index in [1.165, 1.54) is 6.07 Å². The number of rotatable bonds is 4. The van der Waals surface area contributed by atoms with Gasteiger partial charge in [0.2, 0.25) is 0 Å². The predicted molar refractivity (Wildman–Crippen MR) is 116 cm³/mol. The number of carbonyl (C=O) groups excluding carboxylic acids is 1. The SMILES string of the molecule is CCC(F)(F)F.Cc1[nH]nc(Cl)c1NC(=O)c1cc(F)c(-c2ccc(C3CC3)cn2)cc1O. The lowest BCUT2D eigenvalue weighted by Crippen LogP contribution is -2.13. The second-order valence-electron chi connectivity index (χ2n) is 7.54. The predicted octanol–water partition coefficient (Wildman–Crippen LogP) is 6.37. The molecule has 2 aromatic heterocycles. The third kappa shape index (κ3) is 6.22. The molecule has 2 heterocycles. The summed E-state index contributed by atoms with van der Waals surface area (Å²) in [5.74, 6) is -1.15. The highest BCUT2D eigenvalue weighted by Crippen LogP contribution is 2.40. The fourth-order valence-corrected chi connectivity index (χ4v) is 3.12. The quantitative estimate of drug-likeness (QED) is 0.375. The summed E-state index contributed by atoms with van der Waals surface area (Å²) in [7, 11) is 0. The molecule has 4 rings (SSSR count). The maximum absolute atomic E-state index is 14.6. The Balaban J connectivity index is 0.000000454. The zero-order chi connectivity index (χ0) is 24.3. The maximum Gasteiger partial charge on any atom is 0.388 e. The van der Waals surface area contributed by atoms with Gasteiger partial charge in [0.25, 0.3) is 5.91 Å². The van der Waals surface area contributed by atoms with E-state index in [9.17, 15) is 27.5 Å². The van der Waals surface area contributed by atoms with E-state index in [-0.39, 0.29) is 27.7 Å². The number of halogens is 5. The van der Waals surface area contributed by atoms with Crippen LogP contribution in [0.3, 0.4) is 0 Å². The van der Waals surface area contributed by atoms with Crippen molar-refractivity contribution in [3.63, 3.8) is 0 Å². The van der Waals surface area contributed by atoms with Crippen LogP contribution >= 0.6 is 11.6 Å². The third-order valence-corrected chi connectivity index (χ3v) is 5.26. The minimum Gasteiger partial charge on any atom is -0.507 e. The number of aromatic amines is 1. The van der Waals surface area contributed by atoms with Gasteiger partial charge in [0.05, 0.1) is 17.0 Å². The van der Waals surface area contributed by atoms with E-state index in [2.05, 4.69) is 20.5 Å². The van der Waals surface area contributed by atoms with Gasteiger partial charge < -0.3 is 10.4 Å². The van der Waals surface area contributed by atoms with Crippen LogP contribution in [-0.2, 0) is 0 Å². The van der Waals surface area contributed by atoms with Gasteiger partial charge in [-0.2, -0.15) is 18.3 Å². The van der Waals surface area contributed by atoms with Crippen LogP contribution in [0.15, 0.2) is 30.5 Å². The molecule has 33 heavy (non-hydrogen) atoms. The van der Waals surface area contributed by atoms with Crippen LogP contribution in [0, 0.1) is 12.7 Å². The highest BCUT2D eigenvalue weighted by atomic mass is 35.5. The highest BCUT2D eigenvalue weighted by molar-refractivity contribution is 6.33. The zero-order valence-corrected chi connectivity index (χ0v) is 18.5. The van der Waals surface area contributed by atoms with Crippen LogP contribution in [0.25, 0.3) is 11.3 Å². The maximum atomic E-state index is 14.6. The number of anilines is 1. The summed E-state index contributed by atoms with van der Waals surface area (Å²) in [6.45, 7) is 2.76. The number of carbonyl (C=O) groups is 1. The van der Waals surface area contributed by atoms with E-state index in [1.54, 1.807) is 19.2 Å². The van der Waals surface area contributed by atoms with Crippen molar-refractivity contribution in [1.82, 2.24) is 15.2 Å². The number of alkyl halides is 3. The van der Waals surface area contributed by atoms with E-state index in [4.69, 9.17) is 11.6 Å². The van der Waals surface area contributed by atoms with Crippen LogP contribution in [0.4, 0.5) is 23.2 Å². The Morgan fingerprint density at radius 3 is 2.45 bits per heavy atom. The molecule has 0 spiro atoms. The Kier molecular flexibility index (Phi) is 7.26. The van der Waals surface area contributed by atoms with Crippen LogP contribution in [-0.4, -0.2) is 32.4 Å². The molecule has 0 bridgehead atoms. The lowest BCUT2D eigenvalue weighted by molar-refractivity contribution is -0.130. The third-order valence-electron chi connectivity index (χ3n) is 4.98. The molecular formula is C22H21ClF4N4O2. The Labute approximate surface area is 192 Å². The molecule has 0 radical (unpaired) electrons. The van der Waals surface area contributed by atoms with Crippen molar-refractivity contribution in [2.45, 2.75) is 45.2 Å². The largest absolute Gasteiger partial charge is 0.507 e. The van der Waals surface area contributed by atoms with Crippen molar-refractivity contribution in [1.29, 1.82) is 0 Å². The highest BCUT2D eigenvalue weighted by Gasteiger charge is 2.24. The molecular weight excluding hydrogens is 464 g/mol. The van der Waals surface area contributed by atoms with Crippen LogP contribution in [0.5, 0.6) is 5.75 Å². The molecule has 6 nitrogen and oxygen atoms in total. The fourth-order valence-electron chi connectivity index (χ4n) is 2.89. The van der Waals surface area contributed by atoms with Crippen LogP contribution < -0.4 is 5.32 Å². The number of aryl methyl sites for hydroxylation is 1. The number of hydrogen-bond acceptors (Lipinski definition) is 4. The summed E-state index contributed by atoms with van der Waals surface area (Å²) in [6.07, 6.45) is -0.652. The van der Waals surface area contributed by atoms with E-state index >= 15 is 0 Å². The number of phenols is 1. The molecule has 176 valence electrons. The van der Waals surface area contributed by atoms with Gasteiger partial charge in [0.15, 0.2) is 5.15 Å². The number of aromatic hydroxyl groups is 1. The fraction of sp³-hybridized carbons (Fsp3) is 0.318. The second kappa shape index (κ2) is 9.78. The number of nitrogens with one attached hydrogen (secondary N) is 2. The van der Waals surface area contributed by atoms with Gasteiger partial charge in [-0.3, -0.25) is 14.9 Å². The number of H-pyrrole nitrogens is 1. The van der Waals surface area contributed by atoms with Crippen molar-refractivity contribution in [3.05, 3.63) is 58.3 Å². The Hall–Kier alpha value is -3.14. The van der Waals surface area contributed by atoms with Gasteiger partial charge >= 0.3 is 6.18 Å². The number of nitrogens with zero attached hydrogens (tertiary/aromatic N) is 2. The smallest absolute Gasteiger partial charge is 0.388 e. The first-order valence-electron chi connectivity index (χ1n) is 10.1. The molecule has 3 aromatic rings. The molecule has 1 aliphatic carbocycles. The molecule has 0 aliphatic heterocycles. The number of hydrogen-bond donors (Lipinski definition) is 3. The van der Waals surface area contributed by atoms with Crippen molar-refractivity contribution in [2.24, 2.45) is 0 Å². The van der Waals surface area contributed by atoms with Crippen molar-refractivity contribution < 1.29 is 27.5 Å². The lowest BCUT2D eigenvalue weighted by atomic mass is 10.0. The van der Waals surface area contributed by atoms with Crippen molar-refractivity contribution >= 4 is 23.2 Å². The average Bonchev–Trinajstić information content (AvgIpc) is 3.57. The molecule has 1 amide bonds. The number of phenolic OH excluding ortho intramolecular Hbond substituents is 1. The minimum atomic E-state index is -3.96. The summed E-state index contributed by atoms with van der Waals surface area (Å²) in [4.78, 5) is 16.7. The first-order chi connectivity index (χ1) is 15.5. The van der Waals surface area contributed by atoms with E-state index in [1.807, 2.05) is 6.07 Å². The summed E-state index contributed by atoms with van der Waals surface area (Å²) >= 11 is 5.89. The van der Waals surface area contributed by atoms with E-state index < -0.39 is 24.3 Å². The van der Waals surface area contributed by atoms with Gasteiger partial charge in [-0.15, -0.1) is 0 Å². The first kappa shape index (κ1) is 24.5. The average molecular weight is 485 g/mol. The molecule has 11 heteroatoms. The van der Waals surface area contributed by atoms with Gasteiger partial charge in [0.1, 0.15) is 17.3 Å². The van der Waals surface area contributed by atoms with Crippen molar-refractivity contribution in [3.8, 4) is 17.0 Å². The normalized spacial score (nSPS) is 13.3. The van der Waals surface area contributed by atoms with E-state index in [0.29, 0.717) is 17.3 Å². The summed E-state index contributed by atoms with van der Waals surface area (Å²) in [5.41, 5.74) is 2.28. The Morgan fingerprint density at radius 1 is 1.30 bits per heavy atom. The molecule has 1 saturated carbocycles. The monoisotopic (exact) mass is 484 g/mol. The molecule has 3 N–H and O–H groups in total. The van der Waals surface area contributed by atoms with Gasteiger partial charge in [0, 0.05) is 18.2 Å². The van der Waals surface area contributed by atoms with Gasteiger partial charge in [-0.1, -0.05) is 24.6 Å². The number of benzene rings is 1. The van der Waals surface area contributed by atoms with Gasteiger partial charge in [-0.25, -0.2) is 4.39 Å². The number of pyridine rings is 1. The Bertz CT molecular complexity index is 1120. The number of amides is 1. The Morgan fingerprint density at radius 2 is 1.97 bits per heavy atom. The molecule has 1 aromatic carbocycles. The zero-order valence-electron chi connectivity index (χ0n) is 17.7.